The molecular weight excluding hydrogens is 262 g/mol. The standard InChI is InChI=1S/C10H22S.H3N.H2O4S/c1-9(2)5-7-11-8-6-10(3)4;;1-5(2,3)4/h9-10H,5-8H2,1-4H3;1H3;(H2,1,2,3,4). The van der Waals surface area contributed by atoms with Crippen molar-refractivity contribution in [3.8, 4) is 0 Å². The summed E-state index contributed by atoms with van der Waals surface area (Å²) >= 11 is 2.11. The van der Waals surface area contributed by atoms with Crippen LogP contribution in [-0.2, 0) is 10.4 Å². The average molecular weight is 289 g/mol. The van der Waals surface area contributed by atoms with Gasteiger partial charge in [-0.3, -0.25) is 9.11 Å². The highest BCUT2D eigenvalue weighted by Crippen LogP contribution is 2.12. The van der Waals surface area contributed by atoms with Crippen molar-refractivity contribution < 1.29 is 17.5 Å². The maximum Gasteiger partial charge on any atom is 0.394 e. The van der Waals surface area contributed by atoms with E-state index >= 15 is 0 Å². The first-order chi connectivity index (χ1) is 7.13. The highest BCUT2D eigenvalue weighted by molar-refractivity contribution is 7.99. The lowest BCUT2D eigenvalue weighted by molar-refractivity contribution is 0.381. The molecule has 0 atom stereocenters. The van der Waals surface area contributed by atoms with Crippen LogP contribution in [0.2, 0.25) is 0 Å². The highest BCUT2D eigenvalue weighted by atomic mass is 32.3. The average Bonchev–Trinajstić information content (AvgIpc) is 1.99. The summed E-state index contributed by atoms with van der Waals surface area (Å²) in [6.45, 7) is 9.18. The van der Waals surface area contributed by atoms with Crippen LogP contribution in [0.15, 0.2) is 0 Å². The molecule has 0 radical (unpaired) electrons. The molecule has 0 fully saturated rings. The summed E-state index contributed by atoms with van der Waals surface area (Å²) in [4.78, 5) is 0. The summed E-state index contributed by atoms with van der Waals surface area (Å²) in [5.74, 6) is 4.46. The Hall–Kier alpha value is 0.180. The van der Waals surface area contributed by atoms with E-state index in [0.29, 0.717) is 0 Å². The molecule has 0 aliphatic carbocycles. The van der Waals surface area contributed by atoms with Gasteiger partial charge in [-0.05, 0) is 36.2 Å². The minimum Gasteiger partial charge on any atom is -0.344 e. The maximum atomic E-state index is 8.74. The Morgan fingerprint density at radius 2 is 1.18 bits per heavy atom. The molecule has 0 aromatic rings. The minimum atomic E-state index is -4.67. The second-order valence-electron chi connectivity index (χ2n) is 4.43. The van der Waals surface area contributed by atoms with Gasteiger partial charge in [-0.15, -0.1) is 0 Å². The zero-order chi connectivity index (χ0) is 13.2. The van der Waals surface area contributed by atoms with E-state index in [9.17, 15) is 0 Å². The van der Waals surface area contributed by atoms with Crippen molar-refractivity contribution >= 4 is 22.2 Å². The predicted octanol–water partition coefficient (Wildman–Crippen LogP) is 3.32. The van der Waals surface area contributed by atoms with Crippen LogP contribution in [0.3, 0.4) is 0 Å². The van der Waals surface area contributed by atoms with Crippen LogP contribution in [0.25, 0.3) is 0 Å². The van der Waals surface area contributed by atoms with Crippen molar-refractivity contribution in [3.05, 3.63) is 0 Å². The van der Waals surface area contributed by atoms with Crippen molar-refractivity contribution in [2.75, 3.05) is 11.5 Å². The van der Waals surface area contributed by atoms with E-state index in [-0.39, 0.29) is 6.15 Å². The summed E-state index contributed by atoms with van der Waals surface area (Å²) < 4.78 is 31.6. The van der Waals surface area contributed by atoms with Crippen LogP contribution in [0.5, 0.6) is 0 Å². The predicted molar refractivity (Wildman–Crippen MR) is 75.4 cm³/mol. The number of hydrogen-bond donors (Lipinski definition) is 3. The first kappa shape index (κ1) is 22.4. The fourth-order valence-corrected chi connectivity index (χ4v) is 2.22. The molecule has 108 valence electrons. The molecule has 0 aliphatic rings. The van der Waals surface area contributed by atoms with E-state index in [0.717, 1.165) is 11.8 Å². The Kier molecular flexibility index (Phi) is 16.6. The lowest BCUT2D eigenvalue weighted by Gasteiger charge is -2.05. The highest BCUT2D eigenvalue weighted by Gasteiger charge is 1.96. The van der Waals surface area contributed by atoms with Gasteiger partial charge in [0.1, 0.15) is 0 Å². The zero-order valence-corrected chi connectivity index (χ0v) is 12.9. The molecule has 0 saturated heterocycles. The molecule has 0 aliphatic heterocycles. The van der Waals surface area contributed by atoms with Gasteiger partial charge < -0.3 is 6.15 Å². The van der Waals surface area contributed by atoms with Crippen molar-refractivity contribution in [1.82, 2.24) is 6.15 Å². The normalized spacial score (nSPS) is 10.8. The SMILES string of the molecule is CC(C)CCSCCC(C)C.N.O=S(=O)(O)O. The van der Waals surface area contributed by atoms with E-state index in [1.165, 1.54) is 24.3 Å². The van der Waals surface area contributed by atoms with Crippen molar-refractivity contribution in [2.24, 2.45) is 11.8 Å². The molecule has 0 heterocycles. The van der Waals surface area contributed by atoms with Gasteiger partial charge in [-0.25, -0.2) is 0 Å². The van der Waals surface area contributed by atoms with Crippen LogP contribution < -0.4 is 6.15 Å². The first-order valence-electron chi connectivity index (χ1n) is 5.40. The Bertz CT molecular complexity index is 223. The van der Waals surface area contributed by atoms with E-state index in [1.807, 2.05) is 0 Å². The van der Waals surface area contributed by atoms with Crippen LogP contribution >= 0.6 is 11.8 Å². The topological polar surface area (TPSA) is 110 Å². The molecule has 0 saturated carbocycles. The molecule has 0 spiro atoms. The molecule has 17 heavy (non-hydrogen) atoms. The van der Waals surface area contributed by atoms with E-state index in [2.05, 4.69) is 39.5 Å². The smallest absolute Gasteiger partial charge is 0.344 e. The van der Waals surface area contributed by atoms with Gasteiger partial charge >= 0.3 is 10.4 Å². The van der Waals surface area contributed by atoms with Gasteiger partial charge in [0.05, 0.1) is 0 Å². The molecule has 0 unspecified atom stereocenters. The molecule has 0 aromatic heterocycles. The Morgan fingerprint density at radius 3 is 1.35 bits per heavy atom. The number of rotatable bonds is 6. The monoisotopic (exact) mass is 289 g/mol. The maximum absolute atomic E-state index is 8.74. The van der Waals surface area contributed by atoms with E-state index in [4.69, 9.17) is 17.5 Å². The summed E-state index contributed by atoms with van der Waals surface area (Å²) in [5, 5.41) is 0. The lowest BCUT2D eigenvalue weighted by Crippen LogP contribution is -1.93. The Labute approximate surface area is 110 Å². The lowest BCUT2D eigenvalue weighted by atomic mass is 10.2. The molecule has 0 bridgehead atoms. The fourth-order valence-electron chi connectivity index (χ4n) is 0.740. The molecule has 0 amide bonds. The quantitative estimate of drug-likeness (QED) is 0.511. The number of thioether (sulfide) groups is 1. The van der Waals surface area contributed by atoms with Crippen LogP contribution in [-0.4, -0.2) is 29.0 Å². The zero-order valence-electron chi connectivity index (χ0n) is 11.2. The summed E-state index contributed by atoms with van der Waals surface area (Å²) in [7, 11) is -4.67. The van der Waals surface area contributed by atoms with Gasteiger partial charge in [0.2, 0.25) is 0 Å². The van der Waals surface area contributed by atoms with Gasteiger partial charge in [0.25, 0.3) is 0 Å². The van der Waals surface area contributed by atoms with Crippen LogP contribution in [0.1, 0.15) is 40.5 Å². The first-order valence-corrected chi connectivity index (χ1v) is 7.95. The van der Waals surface area contributed by atoms with Gasteiger partial charge in [0.15, 0.2) is 0 Å². The van der Waals surface area contributed by atoms with Crippen molar-refractivity contribution in [2.45, 2.75) is 40.5 Å². The molecule has 5 N–H and O–H groups in total. The summed E-state index contributed by atoms with van der Waals surface area (Å²) in [5.41, 5.74) is 0. The molecular formula is C10H27NO4S2. The minimum absolute atomic E-state index is 0. The van der Waals surface area contributed by atoms with Crippen LogP contribution in [0.4, 0.5) is 0 Å². The van der Waals surface area contributed by atoms with Crippen molar-refractivity contribution in [1.29, 1.82) is 0 Å². The largest absolute Gasteiger partial charge is 0.394 e. The van der Waals surface area contributed by atoms with Crippen molar-refractivity contribution in [3.63, 3.8) is 0 Å². The molecule has 0 rings (SSSR count). The Morgan fingerprint density at radius 1 is 0.941 bits per heavy atom. The third-order valence-corrected chi connectivity index (χ3v) is 2.73. The Balaban J connectivity index is -0.000000280. The second kappa shape index (κ2) is 12.6. The number of hydrogen-bond acceptors (Lipinski definition) is 4. The van der Waals surface area contributed by atoms with E-state index < -0.39 is 10.4 Å². The van der Waals surface area contributed by atoms with Gasteiger partial charge in [-0.1, -0.05) is 27.7 Å². The summed E-state index contributed by atoms with van der Waals surface area (Å²) in [6.07, 6.45) is 2.76. The van der Waals surface area contributed by atoms with E-state index in [1.54, 1.807) is 0 Å². The fraction of sp³-hybridized carbons (Fsp3) is 1.00. The molecule has 0 aromatic carbocycles. The summed E-state index contributed by atoms with van der Waals surface area (Å²) in [6, 6.07) is 0. The molecule has 5 nitrogen and oxygen atoms in total. The van der Waals surface area contributed by atoms with Crippen LogP contribution in [0, 0.1) is 11.8 Å². The second-order valence-corrected chi connectivity index (χ2v) is 6.55. The van der Waals surface area contributed by atoms with Gasteiger partial charge in [-0.2, -0.15) is 20.2 Å². The third-order valence-electron chi connectivity index (χ3n) is 1.68. The van der Waals surface area contributed by atoms with Gasteiger partial charge in [0, 0.05) is 0 Å². The third kappa shape index (κ3) is 48.6. The molecule has 7 heteroatoms.